The van der Waals surface area contributed by atoms with Crippen molar-refractivity contribution in [3.63, 3.8) is 0 Å². The average molecular weight is 466 g/mol. The van der Waals surface area contributed by atoms with Gasteiger partial charge in [0.2, 0.25) is 0 Å². The maximum atomic E-state index is 12.5. The van der Waals surface area contributed by atoms with Crippen LogP contribution in [0.2, 0.25) is 5.02 Å². The van der Waals surface area contributed by atoms with Crippen molar-refractivity contribution in [2.75, 3.05) is 26.6 Å². The molecule has 0 fully saturated rings. The number of anilines is 1. The van der Waals surface area contributed by atoms with Crippen LogP contribution < -0.4 is 15.2 Å². The molecule has 2 aromatic heterocycles. The molecular weight excluding hydrogens is 446 g/mol. The maximum absolute atomic E-state index is 12.5. The summed E-state index contributed by atoms with van der Waals surface area (Å²) in [6.07, 6.45) is 0. The summed E-state index contributed by atoms with van der Waals surface area (Å²) in [5, 5.41) is 0.783. The summed E-state index contributed by atoms with van der Waals surface area (Å²) in [5.74, 6) is -0.103. The number of aryl methyl sites for hydroxylation is 1. The fourth-order valence-corrected chi connectivity index (χ4v) is 4.31. The van der Waals surface area contributed by atoms with E-state index in [1.807, 2.05) is 0 Å². The van der Waals surface area contributed by atoms with Crippen molar-refractivity contribution >= 4 is 50.9 Å². The number of thiophene rings is 1. The van der Waals surface area contributed by atoms with E-state index in [0.717, 1.165) is 11.3 Å². The Balaban J connectivity index is 1.83. The number of methoxy groups -OCH3 is 2. The van der Waals surface area contributed by atoms with Gasteiger partial charge >= 0.3 is 11.9 Å². The van der Waals surface area contributed by atoms with Gasteiger partial charge in [-0.05, 0) is 31.5 Å². The van der Waals surface area contributed by atoms with Crippen LogP contribution in [0.4, 0.5) is 5.82 Å². The van der Waals surface area contributed by atoms with Crippen LogP contribution in [0.1, 0.15) is 38.3 Å². The molecule has 0 radical (unpaired) electrons. The van der Waals surface area contributed by atoms with Crippen LogP contribution in [-0.4, -0.2) is 42.7 Å². The van der Waals surface area contributed by atoms with E-state index in [-0.39, 0.29) is 35.4 Å². The lowest BCUT2D eigenvalue weighted by atomic mass is 10.2. The Morgan fingerprint density at radius 3 is 2.52 bits per heavy atom. The van der Waals surface area contributed by atoms with Crippen molar-refractivity contribution < 1.29 is 28.5 Å². The fraction of sp³-hybridized carbons (Fsp3) is 0.300. The molecule has 0 bridgehead atoms. The summed E-state index contributed by atoms with van der Waals surface area (Å²) >= 11 is 7.28. The van der Waals surface area contributed by atoms with Gasteiger partial charge in [0.15, 0.2) is 23.9 Å². The molecule has 3 rings (SSSR count). The Labute approximate surface area is 187 Å². The molecule has 0 amide bonds. The van der Waals surface area contributed by atoms with Crippen LogP contribution in [0.25, 0.3) is 10.2 Å². The average Bonchev–Trinajstić information content (AvgIpc) is 3.08. The summed E-state index contributed by atoms with van der Waals surface area (Å²) in [6.45, 7) is 3.52. The second-order valence-electron chi connectivity index (χ2n) is 6.25. The Morgan fingerprint density at radius 1 is 1.13 bits per heavy atom. The number of nitrogen functional groups attached to an aromatic ring is 1. The standard InChI is InChI=1S/C20H20ClN3O6S/c1-5-29-20(26)16-9(2)14-17(22)23-13(24-18(14)31-16)8-30-19(25)10-6-11(21)15(28-4)12(7-10)27-3/h6-7H,5,8H2,1-4H3,(H2,22,23,24). The lowest BCUT2D eigenvalue weighted by Gasteiger charge is -2.11. The first-order valence-corrected chi connectivity index (χ1v) is 10.3. The molecule has 1 aromatic carbocycles. The molecular formula is C20H20ClN3O6S. The third kappa shape index (κ3) is 4.49. The maximum Gasteiger partial charge on any atom is 0.348 e. The predicted molar refractivity (Wildman–Crippen MR) is 116 cm³/mol. The zero-order chi connectivity index (χ0) is 22.7. The third-order valence-electron chi connectivity index (χ3n) is 4.33. The summed E-state index contributed by atoms with van der Waals surface area (Å²) in [5.41, 5.74) is 6.89. The Bertz CT molecular complexity index is 1160. The normalized spacial score (nSPS) is 10.7. The van der Waals surface area contributed by atoms with Crippen molar-refractivity contribution in [2.45, 2.75) is 20.5 Å². The van der Waals surface area contributed by atoms with Crippen molar-refractivity contribution in [2.24, 2.45) is 0 Å². The van der Waals surface area contributed by atoms with Gasteiger partial charge in [-0.25, -0.2) is 19.6 Å². The van der Waals surface area contributed by atoms with E-state index in [1.54, 1.807) is 13.8 Å². The minimum atomic E-state index is -0.653. The van der Waals surface area contributed by atoms with Crippen molar-refractivity contribution in [3.8, 4) is 11.5 Å². The summed E-state index contributed by atoms with van der Waals surface area (Å²) in [4.78, 5) is 34.1. The van der Waals surface area contributed by atoms with E-state index < -0.39 is 11.9 Å². The molecule has 31 heavy (non-hydrogen) atoms. The fourth-order valence-electron chi connectivity index (χ4n) is 2.92. The molecule has 164 valence electrons. The molecule has 3 aromatic rings. The molecule has 2 heterocycles. The van der Waals surface area contributed by atoms with E-state index in [2.05, 4.69) is 9.97 Å². The second kappa shape index (κ2) is 9.36. The van der Waals surface area contributed by atoms with Gasteiger partial charge < -0.3 is 24.7 Å². The van der Waals surface area contributed by atoms with Crippen molar-refractivity contribution in [1.82, 2.24) is 9.97 Å². The Morgan fingerprint density at radius 2 is 1.87 bits per heavy atom. The number of nitrogens with zero attached hydrogens (tertiary/aromatic N) is 2. The van der Waals surface area contributed by atoms with Gasteiger partial charge in [-0.3, -0.25) is 0 Å². The van der Waals surface area contributed by atoms with E-state index >= 15 is 0 Å². The lowest BCUT2D eigenvalue weighted by molar-refractivity contribution is 0.0461. The molecule has 0 aliphatic carbocycles. The van der Waals surface area contributed by atoms with Crippen LogP contribution in [0.15, 0.2) is 12.1 Å². The van der Waals surface area contributed by atoms with Gasteiger partial charge in [-0.1, -0.05) is 11.6 Å². The number of nitrogens with two attached hydrogens (primary N) is 1. The Kier molecular flexibility index (Phi) is 6.81. The third-order valence-corrected chi connectivity index (χ3v) is 5.77. The summed E-state index contributed by atoms with van der Waals surface area (Å²) in [6, 6.07) is 2.87. The number of carbonyl (C=O) groups is 2. The van der Waals surface area contributed by atoms with Gasteiger partial charge in [0.1, 0.15) is 15.5 Å². The highest BCUT2D eigenvalue weighted by Crippen LogP contribution is 2.36. The van der Waals surface area contributed by atoms with Gasteiger partial charge in [0, 0.05) is 0 Å². The summed E-state index contributed by atoms with van der Waals surface area (Å²) < 4.78 is 20.7. The highest BCUT2D eigenvalue weighted by molar-refractivity contribution is 7.20. The van der Waals surface area contributed by atoms with Gasteiger partial charge in [0.05, 0.1) is 36.8 Å². The number of aromatic nitrogens is 2. The zero-order valence-electron chi connectivity index (χ0n) is 17.3. The molecule has 0 aliphatic heterocycles. The number of fused-ring (bicyclic) bond motifs is 1. The molecule has 9 nitrogen and oxygen atoms in total. The molecule has 0 aliphatic rings. The second-order valence-corrected chi connectivity index (χ2v) is 7.66. The number of carbonyl (C=O) groups excluding carboxylic acids is 2. The minimum absolute atomic E-state index is 0.174. The SMILES string of the molecule is CCOC(=O)c1sc2nc(COC(=O)c3cc(Cl)c(OC)c(OC)c3)nc(N)c2c1C. The molecule has 0 saturated carbocycles. The van der Waals surface area contributed by atoms with Gasteiger partial charge in [0.25, 0.3) is 0 Å². The Hall–Kier alpha value is -3.11. The van der Waals surface area contributed by atoms with E-state index in [9.17, 15) is 9.59 Å². The molecule has 0 unspecified atom stereocenters. The number of hydrogen-bond acceptors (Lipinski definition) is 10. The zero-order valence-corrected chi connectivity index (χ0v) is 18.8. The minimum Gasteiger partial charge on any atom is -0.493 e. The lowest BCUT2D eigenvalue weighted by Crippen LogP contribution is -2.09. The topological polar surface area (TPSA) is 123 Å². The van der Waals surface area contributed by atoms with Crippen LogP contribution in [0.5, 0.6) is 11.5 Å². The molecule has 11 heteroatoms. The molecule has 0 saturated heterocycles. The first kappa shape index (κ1) is 22.6. The van der Waals surface area contributed by atoms with Crippen molar-refractivity contribution in [3.05, 3.63) is 39.0 Å². The molecule has 0 atom stereocenters. The highest BCUT2D eigenvalue weighted by Gasteiger charge is 2.21. The van der Waals surface area contributed by atoms with Crippen LogP contribution >= 0.6 is 22.9 Å². The van der Waals surface area contributed by atoms with Crippen LogP contribution in [0, 0.1) is 6.92 Å². The quantitative estimate of drug-likeness (QED) is 0.519. The highest BCUT2D eigenvalue weighted by atomic mass is 35.5. The number of hydrogen-bond donors (Lipinski definition) is 1. The van der Waals surface area contributed by atoms with Crippen molar-refractivity contribution in [1.29, 1.82) is 0 Å². The predicted octanol–water partition coefficient (Wildman–Crippen LogP) is 3.79. The monoisotopic (exact) mass is 465 g/mol. The smallest absolute Gasteiger partial charge is 0.348 e. The van der Waals surface area contributed by atoms with E-state index in [1.165, 1.54) is 26.4 Å². The van der Waals surface area contributed by atoms with Crippen LogP contribution in [-0.2, 0) is 16.1 Å². The number of benzene rings is 1. The largest absolute Gasteiger partial charge is 0.493 e. The van der Waals surface area contributed by atoms with Gasteiger partial charge in [-0.15, -0.1) is 11.3 Å². The first-order valence-electron chi connectivity index (χ1n) is 9.11. The van der Waals surface area contributed by atoms with Crippen LogP contribution in [0.3, 0.4) is 0 Å². The van der Waals surface area contributed by atoms with E-state index in [0.29, 0.717) is 32.2 Å². The van der Waals surface area contributed by atoms with Gasteiger partial charge in [-0.2, -0.15) is 0 Å². The number of halogens is 1. The first-order chi connectivity index (χ1) is 14.8. The number of ether oxygens (including phenoxy) is 4. The molecule has 2 N–H and O–H groups in total. The number of esters is 2. The number of rotatable bonds is 7. The summed E-state index contributed by atoms with van der Waals surface area (Å²) in [7, 11) is 2.88. The molecule has 0 spiro atoms. The van der Waals surface area contributed by atoms with E-state index in [4.69, 9.17) is 36.3 Å².